The van der Waals surface area contributed by atoms with Crippen molar-refractivity contribution in [1.82, 2.24) is 4.68 Å². The molecule has 2 rings (SSSR count). The van der Waals surface area contributed by atoms with Gasteiger partial charge >= 0.3 is 0 Å². The highest BCUT2D eigenvalue weighted by Gasteiger charge is 2.12. The summed E-state index contributed by atoms with van der Waals surface area (Å²) in [7, 11) is 3.14. The van der Waals surface area contributed by atoms with Crippen LogP contribution in [-0.4, -0.2) is 24.6 Å². The van der Waals surface area contributed by atoms with Crippen LogP contribution in [0.5, 0.6) is 11.5 Å². The first-order valence-electron chi connectivity index (χ1n) is 7.34. The van der Waals surface area contributed by atoms with Gasteiger partial charge in [0.05, 0.1) is 19.9 Å². The Morgan fingerprint density at radius 3 is 2.50 bits per heavy atom. The van der Waals surface area contributed by atoms with Gasteiger partial charge in [0.2, 0.25) is 0 Å². The Morgan fingerprint density at radius 2 is 1.92 bits per heavy atom. The molecule has 0 unspecified atom stereocenters. The van der Waals surface area contributed by atoms with E-state index in [4.69, 9.17) is 14.7 Å². The second-order valence-corrected chi connectivity index (χ2v) is 5.32. The molecule has 0 aliphatic heterocycles. The largest absolute Gasteiger partial charge is 0.497 e. The molecule has 0 N–H and O–H groups in total. The zero-order valence-electron chi connectivity index (χ0n) is 14.4. The standard InChI is InChI=1S/C18H19N3O3/c1-11-8-12(2)21(18(22)16(11)10-19)20-13(3)15-7-6-14(23-4)9-17(15)24-5/h6-9H,1-5H3. The van der Waals surface area contributed by atoms with Gasteiger partial charge in [0.1, 0.15) is 23.1 Å². The summed E-state index contributed by atoms with van der Waals surface area (Å²) in [4.78, 5) is 12.4. The van der Waals surface area contributed by atoms with Gasteiger partial charge in [0.15, 0.2) is 0 Å². The lowest BCUT2D eigenvalue weighted by Crippen LogP contribution is -2.23. The van der Waals surface area contributed by atoms with Gasteiger partial charge in [0, 0.05) is 17.3 Å². The fraction of sp³-hybridized carbons (Fsp3) is 0.278. The van der Waals surface area contributed by atoms with Crippen LogP contribution in [0, 0.1) is 25.2 Å². The van der Waals surface area contributed by atoms with Gasteiger partial charge in [-0.1, -0.05) is 0 Å². The van der Waals surface area contributed by atoms with Crippen molar-refractivity contribution >= 4 is 5.71 Å². The third-order valence-electron chi connectivity index (χ3n) is 3.72. The van der Waals surface area contributed by atoms with E-state index >= 15 is 0 Å². The Labute approximate surface area is 140 Å². The Hall–Kier alpha value is -3.07. The molecule has 0 amide bonds. The van der Waals surface area contributed by atoms with Crippen LogP contribution in [0.3, 0.4) is 0 Å². The molecule has 0 saturated heterocycles. The van der Waals surface area contributed by atoms with Crippen molar-refractivity contribution in [3.05, 3.63) is 57.0 Å². The van der Waals surface area contributed by atoms with E-state index in [1.807, 2.05) is 12.1 Å². The van der Waals surface area contributed by atoms with Crippen LogP contribution >= 0.6 is 0 Å². The second-order valence-electron chi connectivity index (χ2n) is 5.32. The van der Waals surface area contributed by atoms with Crippen molar-refractivity contribution in [3.63, 3.8) is 0 Å². The molecule has 1 aromatic heterocycles. The Balaban J connectivity index is 2.62. The minimum Gasteiger partial charge on any atom is -0.497 e. The number of hydrogen-bond donors (Lipinski definition) is 0. The summed E-state index contributed by atoms with van der Waals surface area (Å²) in [6, 6.07) is 9.06. The number of benzene rings is 1. The summed E-state index contributed by atoms with van der Waals surface area (Å²) in [6.07, 6.45) is 0. The van der Waals surface area contributed by atoms with Crippen LogP contribution < -0.4 is 15.0 Å². The molecule has 0 aliphatic rings. The van der Waals surface area contributed by atoms with Gasteiger partial charge < -0.3 is 9.47 Å². The maximum atomic E-state index is 12.4. The van der Waals surface area contributed by atoms with E-state index in [2.05, 4.69) is 5.10 Å². The molecular formula is C18H19N3O3. The molecule has 0 aliphatic carbocycles. The molecule has 6 nitrogen and oxygen atoms in total. The van der Waals surface area contributed by atoms with Crippen molar-refractivity contribution in [2.75, 3.05) is 14.2 Å². The lowest BCUT2D eigenvalue weighted by atomic mass is 10.1. The van der Waals surface area contributed by atoms with Crippen molar-refractivity contribution < 1.29 is 9.47 Å². The number of pyridine rings is 1. The highest BCUT2D eigenvalue weighted by molar-refractivity contribution is 6.01. The Morgan fingerprint density at radius 1 is 1.21 bits per heavy atom. The second kappa shape index (κ2) is 7.01. The summed E-state index contributed by atoms with van der Waals surface area (Å²) in [6.45, 7) is 5.29. The number of hydrogen-bond acceptors (Lipinski definition) is 5. The quantitative estimate of drug-likeness (QED) is 0.810. The van der Waals surface area contributed by atoms with E-state index in [9.17, 15) is 4.79 Å². The van der Waals surface area contributed by atoms with Crippen LogP contribution in [0.4, 0.5) is 0 Å². The van der Waals surface area contributed by atoms with Crippen LogP contribution in [-0.2, 0) is 0 Å². The predicted octanol–water partition coefficient (Wildman–Crippen LogP) is 2.63. The molecule has 1 heterocycles. The van der Waals surface area contributed by atoms with Crippen molar-refractivity contribution in [2.24, 2.45) is 5.10 Å². The maximum Gasteiger partial charge on any atom is 0.289 e. The third kappa shape index (κ3) is 3.15. The zero-order valence-corrected chi connectivity index (χ0v) is 14.4. The Bertz CT molecular complexity index is 905. The first-order valence-corrected chi connectivity index (χ1v) is 7.34. The van der Waals surface area contributed by atoms with Gasteiger partial charge in [-0.15, -0.1) is 0 Å². The zero-order chi connectivity index (χ0) is 17.9. The van der Waals surface area contributed by atoms with E-state index in [0.717, 1.165) is 5.56 Å². The van der Waals surface area contributed by atoms with E-state index in [1.165, 1.54) is 4.68 Å². The molecule has 0 atom stereocenters. The average molecular weight is 325 g/mol. The number of rotatable bonds is 4. The lowest BCUT2D eigenvalue weighted by Gasteiger charge is -2.12. The van der Waals surface area contributed by atoms with Gasteiger partial charge in [-0.05, 0) is 44.5 Å². The Kier molecular flexibility index (Phi) is 5.05. The summed E-state index contributed by atoms with van der Waals surface area (Å²) in [5.41, 5.74) is 2.30. The first-order chi connectivity index (χ1) is 11.4. The molecule has 24 heavy (non-hydrogen) atoms. The van der Waals surface area contributed by atoms with Gasteiger partial charge in [-0.3, -0.25) is 4.79 Å². The maximum absolute atomic E-state index is 12.4. The van der Waals surface area contributed by atoms with E-state index < -0.39 is 5.56 Å². The molecule has 124 valence electrons. The van der Waals surface area contributed by atoms with Crippen LogP contribution in [0.25, 0.3) is 0 Å². The number of nitriles is 1. The molecule has 0 bridgehead atoms. The van der Waals surface area contributed by atoms with E-state index in [1.54, 1.807) is 53.2 Å². The highest BCUT2D eigenvalue weighted by Crippen LogP contribution is 2.25. The van der Waals surface area contributed by atoms with Crippen LogP contribution in [0.1, 0.15) is 29.3 Å². The molecule has 1 aromatic carbocycles. The summed E-state index contributed by atoms with van der Waals surface area (Å²) >= 11 is 0. The van der Waals surface area contributed by atoms with Gasteiger partial charge in [0.25, 0.3) is 5.56 Å². The van der Waals surface area contributed by atoms with Crippen molar-refractivity contribution in [3.8, 4) is 17.6 Å². The highest BCUT2D eigenvalue weighted by atomic mass is 16.5. The topological polar surface area (TPSA) is 76.6 Å². The monoisotopic (exact) mass is 325 g/mol. The fourth-order valence-electron chi connectivity index (χ4n) is 2.44. The first kappa shape index (κ1) is 17.3. The number of nitrogens with zero attached hydrogens (tertiary/aromatic N) is 3. The molecule has 0 spiro atoms. The normalized spacial score (nSPS) is 11.1. The third-order valence-corrected chi connectivity index (χ3v) is 3.72. The molecule has 6 heteroatoms. The number of methoxy groups -OCH3 is 2. The fourth-order valence-corrected chi connectivity index (χ4v) is 2.44. The van der Waals surface area contributed by atoms with Crippen molar-refractivity contribution in [2.45, 2.75) is 20.8 Å². The molecule has 0 fully saturated rings. The van der Waals surface area contributed by atoms with Crippen LogP contribution in [0.2, 0.25) is 0 Å². The lowest BCUT2D eigenvalue weighted by molar-refractivity contribution is 0.394. The molecular weight excluding hydrogens is 306 g/mol. The van der Waals surface area contributed by atoms with E-state index in [0.29, 0.717) is 28.5 Å². The minimum atomic E-state index is -0.429. The number of ether oxygens (including phenoxy) is 2. The van der Waals surface area contributed by atoms with Crippen LogP contribution in [0.15, 0.2) is 34.2 Å². The summed E-state index contributed by atoms with van der Waals surface area (Å²) in [5.74, 6) is 1.26. The SMILES string of the molecule is COc1ccc(C(C)=Nn2c(C)cc(C)c(C#N)c2=O)c(OC)c1. The predicted molar refractivity (Wildman–Crippen MR) is 92.0 cm³/mol. The number of aromatic nitrogens is 1. The van der Waals surface area contributed by atoms with Gasteiger partial charge in [-0.25, -0.2) is 4.68 Å². The summed E-state index contributed by atoms with van der Waals surface area (Å²) < 4.78 is 11.8. The minimum absolute atomic E-state index is 0.0962. The van der Waals surface area contributed by atoms with E-state index in [-0.39, 0.29) is 5.56 Å². The molecule has 2 aromatic rings. The van der Waals surface area contributed by atoms with Gasteiger partial charge in [-0.2, -0.15) is 10.4 Å². The summed E-state index contributed by atoms with van der Waals surface area (Å²) in [5, 5.41) is 13.6. The molecule has 0 radical (unpaired) electrons. The number of aryl methyl sites for hydroxylation is 2. The smallest absolute Gasteiger partial charge is 0.289 e. The van der Waals surface area contributed by atoms with Crippen molar-refractivity contribution in [1.29, 1.82) is 5.26 Å². The average Bonchev–Trinajstić information content (AvgIpc) is 2.57. The molecule has 0 saturated carbocycles.